The SMILES string of the molecule is CCN(CC)c1nc(NC)nc(-n2cccn2)n1. The highest BCUT2D eigenvalue weighted by atomic mass is 15.4. The van der Waals surface area contributed by atoms with Crippen LogP contribution >= 0.6 is 0 Å². The van der Waals surface area contributed by atoms with Crippen molar-refractivity contribution in [2.75, 3.05) is 30.4 Å². The molecule has 2 heterocycles. The molecule has 0 amide bonds. The molecule has 18 heavy (non-hydrogen) atoms. The first-order valence-electron chi connectivity index (χ1n) is 5.97. The Morgan fingerprint density at radius 1 is 1.22 bits per heavy atom. The van der Waals surface area contributed by atoms with Gasteiger partial charge in [0, 0.05) is 32.5 Å². The topological polar surface area (TPSA) is 71.8 Å². The summed E-state index contributed by atoms with van der Waals surface area (Å²) in [6.07, 6.45) is 3.50. The van der Waals surface area contributed by atoms with E-state index in [1.807, 2.05) is 6.07 Å². The molecule has 0 aliphatic heterocycles. The Morgan fingerprint density at radius 2 is 2.00 bits per heavy atom. The second-order valence-electron chi connectivity index (χ2n) is 3.63. The molecule has 0 aromatic carbocycles. The molecule has 1 N–H and O–H groups in total. The van der Waals surface area contributed by atoms with E-state index in [9.17, 15) is 0 Å². The van der Waals surface area contributed by atoms with E-state index in [4.69, 9.17) is 0 Å². The van der Waals surface area contributed by atoms with E-state index in [-0.39, 0.29) is 0 Å². The van der Waals surface area contributed by atoms with Crippen LogP contribution in [0.4, 0.5) is 11.9 Å². The van der Waals surface area contributed by atoms with Crippen LogP contribution < -0.4 is 10.2 Å². The van der Waals surface area contributed by atoms with Gasteiger partial charge >= 0.3 is 0 Å². The molecule has 2 rings (SSSR count). The molecular weight excluding hydrogens is 230 g/mol. The Bertz CT molecular complexity index is 490. The van der Waals surface area contributed by atoms with Gasteiger partial charge in [-0.3, -0.25) is 0 Å². The number of anilines is 2. The Morgan fingerprint density at radius 3 is 2.56 bits per heavy atom. The number of nitrogens with zero attached hydrogens (tertiary/aromatic N) is 6. The van der Waals surface area contributed by atoms with Gasteiger partial charge in [-0.25, -0.2) is 4.68 Å². The van der Waals surface area contributed by atoms with E-state index in [1.165, 1.54) is 0 Å². The third-order valence-corrected chi connectivity index (χ3v) is 2.59. The number of aromatic nitrogens is 5. The van der Waals surface area contributed by atoms with Crippen LogP contribution in [0.15, 0.2) is 18.5 Å². The van der Waals surface area contributed by atoms with Gasteiger partial charge in [0.15, 0.2) is 0 Å². The van der Waals surface area contributed by atoms with Gasteiger partial charge in [-0.15, -0.1) is 0 Å². The van der Waals surface area contributed by atoms with Crippen LogP contribution in [0.2, 0.25) is 0 Å². The van der Waals surface area contributed by atoms with Crippen molar-refractivity contribution < 1.29 is 0 Å². The van der Waals surface area contributed by atoms with Crippen LogP contribution in [-0.4, -0.2) is 44.9 Å². The zero-order chi connectivity index (χ0) is 13.0. The third kappa shape index (κ3) is 2.39. The summed E-state index contributed by atoms with van der Waals surface area (Å²) < 4.78 is 1.62. The van der Waals surface area contributed by atoms with Gasteiger partial charge in [0.2, 0.25) is 11.9 Å². The molecule has 0 aliphatic rings. The minimum absolute atomic E-state index is 0.515. The molecule has 2 aromatic rings. The van der Waals surface area contributed by atoms with Crippen LogP contribution in [0.25, 0.3) is 5.95 Å². The lowest BCUT2D eigenvalue weighted by molar-refractivity contribution is 0.763. The van der Waals surface area contributed by atoms with E-state index in [2.05, 4.69) is 44.1 Å². The molecule has 0 unspecified atom stereocenters. The van der Waals surface area contributed by atoms with Crippen molar-refractivity contribution in [3.05, 3.63) is 18.5 Å². The second-order valence-corrected chi connectivity index (χ2v) is 3.63. The number of hydrogen-bond acceptors (Lipinski definition) is 6. The van der Waals surface area contributed by atoms with Crippen molar-refractivity contribution in [3.63, 3.8) is 0 Å². The van der Waals surface area contributed by atoms with Crippen molar-refractivity contribution in [3.8, 4) is 5.95 Å². The molecule has 0 spiro atoms. The first-order chi connectivity index (χ1) is 8.78. The summed E-state index contributed by atoms with van der Waals surface area (Å²) >= 11 is 0. The average Bonchev–Trinajstić information content (AvgIpc) is 2.94. The average molecular weight is 247 g/mol. The molecule has 0 fully saturated rings. The van der Waals surface area contributed by atoms with Crippen molar-refractivity contribution in [2.45, 2.75) is 13.8 Å². The van der Waals surface area contributed by atoms with Crippen molar-refractivity contribution in [1.29, 1.82) is 0 Å². The predicted molar refractivity (Wildman–Crippen MR) is 70.1 cm³/mol. The molecule has 7 nitrogen and oxygen atoms in total. The molecule has 7 heteroatoms. The third-order valence-electron chi connectivity index (χ3n) is 2.59. The summed E-state index contributed by atoms with van der Waals surface area (Å²) in [6.45, 7) is 5.84. The van der Waals surface area contributed by atoms with Gasteiger partial charge in [0.1, 0.15) is 0 Å². The Labute approximate surface area is 106 Å². The van der Waals surface area contributed by atoms with Gasteiger partial charge in [0.05, 0.1) is 0 Å². The fraction of sp³-hybridized carbons (Fsp3) is 0.455. The highest BCUT2D eigenvalue weighted by Crippen LogP contribution is 2.12. The first-order valence-corrected chi connectivity index (χ1v) is 5.97. The van der Waals surface area contributed by atoms with E-state index < -0.39 is 0 Å². The van der Waals surface area contributed by atoms with E-state index >= 15 is 0 Å². The van der Waals surface area contributed by atoms with Gasteiger partial charge < -0.3 is 10.2 Å². The van der Waals surface area contributed by atoms with Crippen LogP contribution in [0.5, 0.6) is 0 Å². The van der Waals surface area contributed by atoms with Gasteiger partial charge in [-0.05, 0) is 19.9 Å². The predicted octanol–water partition coefficient (Wildman–Crippen LogP) is 0.945. The standard InChI is InChI=1S/C11H17N7/c1-4-17(5-2)10-14-9(12-3)15-11(16-10)18-8-6-7-13-18/h6-8H,4-5H2,1-3H3,(H,12,14,15,16). The molecule has 0 saturated heterocycles. The van der Waals surface area contributed by atoms with Crippen molar-refractivity contribution >= 4 is 11.9 Å². The lowest BCUT2D eigenvalue weighted by atomic mass is 10.5. The molecular formula is C11H17N7. The summed E-state index contributed by atoms with van der Waals surface area (Å²) in [6, 6.07) is 1.83. The van der Waals surface area contributed by atoms with Gasteiger partial charge in [-0.1, -0.05) is 0 Å². The molecule has 0 atom stereocenters. The minimum Gasteiger partial charge on any atom is -0.357 e. The maximum Gasteiger partial charge on any atom is 0.257 e. The van der Waals surface area contributed by atoms with Crippen molar-refractivity contribution in [2.24, 2.45) is 0 Å². The van der Waals surface area contributed by atoms with Crippen LogP contribution in [-0.2, 0) is 0 Å². The molecule has 2 aromatic heterocycles. The minimum atomic E-state index is 0.515. The summed E-state index contributed by atoms with van der Waals surface area (Å²) in [5.41, 5.74) is 0. The van der Waals surface area contributed by atoms with Crippen molar-refractivity contribution in [1.82, 2.24) is 24.7 Å². The molecule has 0 bridgehead atoms. The Kier molecular flexibility index (Phi) is 3.71. The lowest BCUT2D eigenvalue weighted by Gasteiger charge is -2.19. The van der Waals surface area contributed by atoms with E-state index in [0.29, 0.717) is 17.8 Å². The summed E-state index contributed by atoms with van der Waals surface area (Å²) in [5.74, 6) is 1.71. The molecule has 96 valence electrons. The highest BCUT2D eigenvalue weighted by Gasteiger charge is 2.11. The zero-order valence-electron chi connectivity index (χ0n) is 10.8. The van der Waals surface area contributed by atoms with Crippen LogP contribution in [0.3, 0.4) is 0 Å². The second kappa shape index (κ2) is 5.44. The van der Waals surface area contributed by atoms with Gasteiger partial charge in [-0.2, -0.15) is 20.1 Å². The number of nitrogens with one attached hydrogen (secondary N) is 1. The maximum absolute atomic E-state index is 4.43. The van der Waals surface area contributed by atoms with Gasteiger partial charge in [0.25, 0.3) is 5.95 Å². The molecule has 0 aliphatic carbocycles. The van der Waals surface area contributed by atoms with Crippen LogP contribution in [0, 0.1) is 0 Å². The quantitative estimate of drug-likeness (QED) is 0.848. The largest absolute Gasteiger partial charge is 0.357 e. The van der Waals surface area contributed by atoms with E-state index in [0.717, 1.165) is 13.1 Å². The Hall–Kier alpha value is -2.18. The zero-order valence-corrected chi connectivity index (χ0v) is 10.8. The number of rotatable bonds is 5. The summed E-state index contributed by atoms with van der Waals surface area (Å²) in [5, 5.41) is 7.07. The fourth-order valence-corrected chi connectivity index (χ4v) is 1.60. The smallest absolute Gasteiger partial charge is 0.257 e. The lowest BCUT2D eigenvalue weighted by Crippen LogP contribution is -2.25. The monoisotopic (exact) mass is 247 g/mol. The normalized spacial score (nSPS) is 10.4. The maximum atomic E-state index is 4.43. The van der Waals surface area contributed by atoms with E-state index in [1.54, 1.807) is 24.1 Å². The highest BCUT2D eigenvalue weighted by molar-refractivity contribution is 5.39. The van der Waals surface area contributed by atoms with Crippen LogP contribution in [0.1, 0.15) is 13.8 Å². The Balaban J connectivity index is 2.45. The fourth-order valence-electron chi connectivity index (χ4n) is 1.60. The number of hydrogen-bond donors (Lipinski definition) is 1. The first kappa shape index (κ1) is 12.3. The summed E-state index contributed by atoms with van der Waals surface area (Å²) in [4.78, 5) is 15.1. The summed E-state index contributed by atoms with van der Waals surface area (Å²) in [7, 11) is 1.79. The molecule has 0 radical (unpaired) electrons. The molecule has 0 saturated carbocycles.